The minimum absolute atomic E-state index is 0.0425. The van der Waals surface area contributed by atoms with Gasteiger partial charge in [0.25, 0.3) is 0 Å². The molecule has 1 aliphatic heterocycles. The Hall–Kier alpha value is -1.26. The van der Waals surface area contributed by atoms with Gasteiger partial charge in [0, 0.05) is 5.92 Å². The fourth-order valence-electron chi connectivity index (χ4n) is 6.22. The van der Waals surface area contributed by atoms with E-state index in [4.69, 9.17) is 9.47 Å². The summed E-state index contributed by atoms with van der Waals surface area (Å²) in [5.74, 6) is 1.78. The van der Waals surface area contributed by atoms with Crippen LogP contribution >= 0.6 is 0 Å². The van der Waals surface area contributed by atoms with E-state index in [2.05, 4.69) is 6.58 Å². The Bertz CT molecular complexity index is 712. The second-order valence-corrected chi connectivity index (χ2v) is 10.5. The molecule has 3 fully saturated rings. The van der Waals surface area contributed by atoms with E-state index in [0.717, 1.165) is 75.6 Å². The maximum atomic E-state index is 13.5. The third kappa shape index (κ3) is 6.41. The summed E-state index contributed by atoms with van der Waals surface area (Å²) < 4.78 is 39.0. The van der Waals surface area contributed by atoms with Crippen LogP contribution < -0.4 is 0 Å². The molecule has 0 aromatic heterocycles. The van der Waals surface area contributed by atoms with Gasteiger partial charge in [-0.3, -0.25) is 0 Å². The van der Waals surface area contributed by atoms with Crippen molar-refractivity contribution in [2.75, 3.05) is 13.2 Å². The third-order valence-electron chi connectivity index (χ3n) is 8.40. The van der Waals surface area contributed by atoms with Crippen molar-refractivity contribution in [2.45, 2.75) is 89.3 Å². The van der Waals surface area contributed by atoms with Gasteiger partial charge in [-0.05, 0) is 106 Å². The van der Waals surface area contributed by atoms with Crippen molar-refractivity contribution >= 4 is 0 Å². The van der Waals surface area contributed by atoms with E-state index < -0.39 is 11.6 Å². The number of allylic oxidation sites excluding steroid dienone is 1. The first-order valence-electron chi connectivity index (χ1n) is 12.9. The van der Waals surface area contributed by atoms with Crippen LogP contribution in [-0.4, -0.2) is 19.5 Å². The number of halogens is 2. The number of hydrogen-bond donors (Lipinski definition) is 0. The Morgan fingerprint density at radius 3 is 2.09 bits per heavy atom. The van der Waals surface area contributed by atoms with Crippen LogP contribution in [0.1, 0.15) is 88.5 Å². The summed E-state index contributed by atoms with van der Waals surface area (Å²) in [5.41, 5.74) is 0.946. The molecule has 0 amide bonds. The van der Waals surface area contributed by atoms with Gasteiger partial charge in [-0.1, -0.05) is 25.0 Å². The highest BCUT2D eigenvalue weighted by Crippen LogP contribution is 2.40. The van der Waals surface area contributed by atoms with Gasteiger partial charge in [0.05, 0.1) is 13.2 Å². The number of ether oxygens (including phenoxy) is 2. The summed E-state index contributed by atoms with van der Waals surface area (Å²) in [5, 5.41) is 0. The van der Waals surface area contributed by atoms with Crippen molar-refractivity contribution in [3.63, 3.8) is 0 Å². The van der Waals surface area contributed by atoms with E-state index in [1.165, 1.54) is 44.2 Å². The Balaban J connectivity index is 1.11. The number of benzene rings is 1. The average molecular weight is 447 g/mol. The Morgan fingerprint density at radius 2 is 1.44 bits per heavy atom. The monoisotopic (exact) mass is 446 g/mol. The van der Waals surface area contributed by atoms with Gasteiger partial charge in [0.2, 0.25) is 0 Å². The molecule has 178 valence electrons. The molecule has 0 N–H and O–H groups in total. The first-order chi connectivity index (χ1) is 15.6. The molecule has 2 nitrogen and oxygen atoms in total. The Labute approximate surface area is 192 Å². The van der Waals surface area contributed by atoms with Crippen LogP contribution in [-0.2, 0) is 9.47 Å². The highest BCUT2D eigenvalue weighted by Gasteiger charge is 2.32. The minimum Gasteiger partial charge on any atom is -0.352 e. The molecule has 3 aliphatic rings. The smallest absolute Gasteiger partial charge is 0.159 e. The molecule has 32 heavy (non-hydrogen) atoms. The van der Waals surface area contributed by atoms with E-state index in [9.17, 15) is 8.78 Å². The summed E-state index contributed by atoms with van der Waals surface area (Å²) in [7, 11) is 0. The SMILES string of the molecule is C=CCC[C@H]1CC[C@H]([C@H]2CO[C@H](CC[C@H]3CC[C@H](c4ccc(F)c(F)c4)CC3)OC2)CC1. The Morgan fingerprint density at radius 1 is 0.781 bits per heavy atom. The van der Waals surface area contributed by atoms with Gasteiger partial charge in [-0.2, -0.15) is 0 Å². The van der Waals surface area contributed by atoms with Gasteiger partial charge >= 0.3 is 0 Å². The summed E-state index contributed by atoms with van der Waals surface area (Å²) in [6.07, 6.45) is 16.3. The maximum Gasteiger partial charge on any atom is 0.159 e. The van der Waals surface area contributed by atoms with Crippen molar-refractivity contribution in [3.8, 4) is 0 Å². The van der Waals surface area contributed by atoms with Crippen LogP contribution in [0.4, 0.5) is 8.78 Å². The van der Waals surface area contributed by atoms with Crippen LogP contribution in [0.25, 0.3) is 0 Å². The highest BCUT2D eigenvalue weighted by atomic mass is 19.2. The van der Waals surface area contributed by atoms with Crippen LogP contribution in [0, 0.1) is 35.3 Å². The van der Waals surface area contributed by atoms with Crippen LogP contribution in [0.2, 0.25) is 0 Å². The van der Waals surface area contributed by atoms with E-state index in [-0.39, 0.29) is 6.29 Å². The largest absolute Gasteiger partial charge is 0.352 e. The fraction of sp³-hybridized carbons (Fsp3) is 0.714. The van der Waals surface area contributed by atoms with Crippen molar-refractivity contribution in [2.24, 2.45) is 23.7 Å². The quantitative estimate of drug-likeness (QED) is 0.380. The van der Waals surface area contributed by atoms with Crippen LogP contribution in [0.15, 0.2) is 30.9 Å². The molecule has 4 heteroatoms. The molecule has 2 aliphatic carbocycles. The lowest BCUT2D eigenvalue weighted by Gasteiger charge is -2.38. The van der Waals surface area contributed by atoms with E-state index >= 15 is 0 Å². The molecule has 0 atom stereocenters. The second kappa shape index (κ2) is 11.7. The predicted molar refractivity (Wildman–Crippen MR) is 124 cm³/mol. The molecule has 1 aromatic rings. The molecule has 4 rings (SSSR count). The second-order valence-electron chi connectivity index (χ2n) is 10.5. The lowest BCUT2D eigenvalue weighted by atomic mass is 9.75. The average Bonchev–Trinajstić information content (AvgIpc) is 2.84. The predicted octanol–water partition coefficient (Wildman–Crippen LogP) is 7.78. The molecular formula is C28H40F2O2. The maximum absolute atomic E-state index is 13.5. The molecule has 1 saturated heterocycles. The van der Waals surface area contributed by atoms with E-state index in [0.29, 0.717) is 17.8 Å². The fourth-order valence-corrected chi connectivity index (χ4v) is 6.22. The normalized spacial score (nSPS) is 33.7. The molecule has 0 radical (unpaired) electrons. The summed E-state index contributed by atoms with van der Waals surface area (Å²) >= 11 is 0. The van der Waals surface area contributed by atoms with Crippen molar-refractivity contribution in [1.82, 2.24) is 0 Å². The zero-order valence-corrected chi connectivity index (χ0v) is 19.5. The Kier molecular flexibility index (Phi) is 8.76. The first-order valence-corrected chi connectivity index (χ1v) is 12.9. The topological polar surface area (TPSA) is 18.5 Å². The standard InChI is InChI=1S/C28H40F2O2/c1-2-3-4-20-5-12-23(13-6-20)25-18-31-28(32-19-25)16-9-21-7-10-22(11-8-21)24-14-15-26(29)27(30)17-24/h2,14-15,17,20-23,25,28H,1,3-13,16,18-19H2/t20-,21-,22-,23-,25-,28-. The summed E-state index contributed by atoms with van der Waals surface area (Å²) in [4.78, 5) is 0. The van der Waals surface area contributed by atoms with E-state index in [1.807, 2.05) is 6.08 Å². The van der Waals surface area contributed by atoms with Crippen molar-refractivity contribution < 1.29 is 18.3 Å². The molecule has 1 heterocycles. The molecule has 0 unspecified atom stereocenters. The van der Waals surface area contributed by atoms with Crippen LogP contribution in [0.5, 0.6) is 0 Å². The number of rotatable bonds is 8. The van der Waals surface area contributed by atoms with E-state index in [1.54, 1.807) is 6.07 Å². The van der Waals surface area contributed by atoms with Crippen molar-refractivity contribution in [1.29, 1.82) is 0 Å². The molecule has 1 aromatic carbocycles. The number of hydrogen-bond acceptors (Lipinski definition) is 2. The van der Waals surface area contributed by atoms with Crippen LogP contribution in [0.3, 0.4) is 0 Å². The first kappa shape index (κ1) is 23.9. The van der Waals surface area contributed by atoms with Gasteiger partial charge < -0.3 is 9.47 Å². The summed E-state index contributed by atoms with van der Waals surface area (Å²) in [6, 6.07) is 4.39. The zero-order chi connectivity index (χ0) is 22.3. The molecule has 0 bridgehead atoms. The zero-order valence-electron chi connectivity index (χ0n) is 19.5. The summed E-state index contributed by atoms with van der Waals surface area (Å²) in [6.45, 7) is 5.56. The molecule has 0 spiro atoms. The van der Waals surface area contributed by atoms with Gasteiger partial charge in [0.15, 0.2) is 17.9 Å². The van der Waals surface area contributed by atoms with Crippen molar-refractivity contribution in [3.05, 3.63) is 48.1 Å². The molecule has 2 saturated carbocycles. The lowest BCUT2D eigenvalue weighted by Crippen LogP contribution is -2.37. The van der Waals surface area contributed by atoms with Gasteiger partial charge in [-0.25, -0.2) is 8.78 Å². The third-order valence-corrected chi connectivity index (χ3v) is 8.40. The lowest BCUT2D eigenvalue weighted by molar-refractivity contribution is -0.213. The van der Waals surface area contributed by atoms with Gasteiger partial charge in [-0.15, -0.1) is 6.58 Å². The minimum atomic E-state index is -0.756. The molecular weight excluding hydrogens is 406 g/mol. The van der Waals surface area contributed by atoms with Gasteiger partial charge in [0.1, 0.15) is 0 Å². The highest BCUT2D eigenvalue weighted by molar-refractivity contribution is 5.22.